The van der Waals surface area contributed by atoms with Crippen molar-refractivity contribution < 1.29 is 0 Å². The van der Waals surface area contributed by atoms with E-state index in [0.717, 1.165) is 48.8 Å². The van der Waals surface area contributed by atoms with E-state index in [4.69, 9.17) is 0 Å². The molecule has 1 aromatic heterocycles. The quantitative estimate of drug-likeness (QED) is 0.882. The maximum Gasteiger partial charge on any atom is 0.132 e. The van der Waals surface area contributed by atoms with Crippen LogP contribution in [0.3, 0.4) is 0 Å². The van der Waals surface area contributed by atoms with Gasteiger partial charge in [-0.2, -0.15) is 0 Å². The van der Waals surface area contributed by atoms with Gasteiger partial charge in [-0.1, -0.05) is 6.92 Å². The SMILES string of the molecule is CCc1cc(N2CCC3NCCCC3C2)nc(C)n1. The molecule has 0 saturated carbocycles. The predicted molar refractivity (Wildman–Crippen MR) is 77.5 cm³/mol. The molecule has 104 valence electrons. The number of piperidine rings is 2. The lowest BCUT2D eigenvalue weighted by atomic mass is 9.85. The third-order valence-corrected chi connectivity index (χ3v) is 4.46. The van der Waals surface area contributed by atoms with Gasteiger partial charge in [-0.25, -0.2) is 9.97 Å². The Balaban J connectivity index is 1.77. The van der Waals surface area contributed by atoms with Gasteiger partial charge < -0.3 is 10.2 Å². The fourth-order valence-electron chi connectivity index (χ4n) is 3.41. The average molecular weight is 260 g/mol. The lowest BCUT2D eigenvalue weighted by Crippen LogP contribution is -2.52. The first-order valence-corrected chi connectivity index (χ1v) is 7.59. The number of aryl methyl sites for hydroxylation is 2. The molecule has 0 aromatic carbocycles. The van der Waals surface area contributed by atoms with Gasteiger partial charge >= 0.3 is 0 Å². The fourth-order valence-corrected chi connectivity index (χ4v) is 3.41. The van der Waals surface area contributed by atoms with Gasteiger partial charge in [-0.3, -0.25) is 0 Å². The lowest BCUT2D eigenvalue weighted by Gasteiger charge is -2.42. The van der Waals surface area contributed by atoms with Crippen molar-refractivity contribution in [2.75, 3.05) is 24.5 Å². The Kier molecular flexibility index (Phi) is 3.69. The summed E-state index contributed by atoms with van der Waals surface area (Å²) in [4.78, 5) is 11.6. The molecule has 1 N–H and O–H groups in total. The Morgan fingerprint density at radius 3 is 3.11 bits per heavy atom. The van der Waals surface area contributed by atoms with Crippen LogP contribution in [0.1, 0.15) is 37.7 Å². The number of rotatable bonds is 2. The molecule has 4 heteroatoms. The zero-order valence-electron chi connectivity index (χ0n) is 12.0. The van der Waals surface area contributed by atoms with Crippen molar-refractivity contribution in [2.45, 2.75) is 45.6 Å². The van der Waals surface area contributed by atoms with Crippen LogP contribution in [0.5, 0.6) is 0 Å². The van der Waals surface area contributed by atoms with E-state index in [2.05, 4.69) is 33.2 Å². The topological polar surface area (TPSA) is 41.0 Å². The van der Waals surface area contributed by atoms with Gasteiger partial charge in [0.05, 0.1) is 0 Å². The van der Waals surface area contributed by atoms with Crippen LogP contribution in [0.15, 0.2) is 6.07 Å². The van der Waals surface area contributed by atoms with Crippen molar-refractivity contribution in [3.63, 3.8) is 0 Å². The molecule has 0 bridgehead atoms. The summed E-state index contributed by atoms with van der Waals surface area (Å²) in [6, 6.07) is 2.91. The number of nitrogens with one attached hydrogen (secondary N) is 1. The van der Waals surface area contributed by atoms with Crippen molar-refractivity contribution in [1.82, 2.24) is 15.3 Å². The molecule has 19 heavy (non-hydrogen) atoms. The van der Waals surface area contributed by atoms with Crippen molar-refractivity contribution in [2.24, 2.45) is 5.92 Å². The second-order valence-corrected chi connectivity index (χ2v) is 5.82. The maximum atomic E-state index is 4.64. The Morgan fingerprint density at radius 2 is 2.26 bits per heavy atom. The standard InChI is InChI=1S/C15H24N4/c1-3-13-9-15(18-11(2)17-13)19-8-6-14-12(10-19)5-4-7-16-14/h9,12,14,16H,3-8,10H2,1-2H3. The van der Waals surface area contributed by atoms with E-state index in [1.54, 1.807) is 0 Å². The van der Waals surface area contributed by atoms with E-state index in [1.807, 2.05) is 6.92 Å². The van der Waals surface area contributed by atoms with Crippen LogP contribution in [-0.4, -0.2) is 35.6 Å². The predicted octanol–water partition coefficient (Wildman–Crippen LogP) is 1.93. The zero-order valence-corrected chi connectivity index (χ0v) is 12.0. The van der Waals surface area contributed by atoms with Crippen LogP contribution in [0.4, 0.5) is 5.82 Å². The minimum absolute atomic E-state index is 0.735. The molecule has 2 saturated heterocycles. The summed E-state index contributed by atoms with van der Waals surface area (Å²) < 4.78 is 0. The van der Waals surface area contributed by atoms with E-state index in [9.17, 15) is 0 Å². The van der Waals surface area contributed by atoms with Crippen molar-refractivity contribution in [3.05, 3.63) is 17.6 Å². The van der Waals surface area contributed by atoms with Crippen LogP contribution >= 0.6 is 0 Å². The molecule has 0 aliphatic carbocycles. The summed E-state index contributed by atoms with van der Waals surface area (Å²) >= 11 is 0. The molecule has 2 unspecified atom stereocenters. The molecule has 2 aliphatic rings. The highest BCUT2D eigenvalue weighted by atomic mass is 15.2. The Morgan fingerprint density at radius 1 is 1.37 bits per heavy atom. The summed E-state index contributed by atoms with van der Waals surface area (Å²) in [6.45, 7) is 7.62. The van der Waals surface area contributed by atoms with E-state index in [1.165, 1.54) is 25.8 Å². The maximum absolute atomic E-state index is 4.64. The smallest absolute Gasteiger partial charge is 0.132 e. The van der Waals surface area contributed by atoms with Gasteiger partial charge in [-0.15, -0.1) is 0 Å². The molecular weight excluding hydrogens is 236 g/mol. The highest BCUT2D eigenvalue weighted by Crippen LogP contribution is 2.27. The Hall–Kier alpha value is -1.16. The first-order valence-electron chi connectivity index (χ1n) is 7.59. The van der Waals surface area contributed by atoms with Crippen LogP contribution in [-0.2, 0) is 6.42 Å². The second kappa shape index (κ2) is 5.45. The first kappa shape index (κ1) is 12.9. The van der Waals surface area contributed by atoms with Crippen molar-refractivity contribution >= 4 is 5.82 Å². The van der Waals surface area contributed by atoms with Crippen molar-refractivity contribution in [1.29, 1.82) is 0 Å². The van der Waals surface area contributed by atoms with Crippen LogP contribution < -0.4 is 10.2 Å². The summed E-state index contributed by atoms with van der Waals surface area (Å²) in [5.41, 5.74) is 1.16. The summed E-state index contributed by atoms with van der Waals surface area (Å²) in [7, 11) is 0. The van der Waals surface area contributed by atoms with Gasteiger partial charge in [0.2, 0.25) is 0 Å². The normalized spacial score (nSPS) is 27.2. The average Bonchev–Trinajstić information content (AvgIpc) is 2.46. The molecule has 3 heterocycles. The third-order valence-electron chi connectivity index (χ3n) is 4.46. The molecule has 2 fully saturated rings. The fraction of sp³-hybridized carbons (Fsp3) is 0.733. The number of nitrogens with zero attached hydrogens (tertiary/aromatic N) is 3. The molecular formula is C15H24N4. The molecule has 1 aromatic rings. The second-order valence-electron chi connectivity index (χ2n) is 5.82. The van der Waals surface area contributed by atoms with E-state index < -0.39 is 0 Å². The number of hydrogen-bond donors (Lipinski definition) is 1. The monoisotopic (exact) mass is 260 g/mol. The van der Waals surface area contributed by atoms with Crippen molar-refractivity contribution in [3.8, 4) is 0 Å². The largest absolute Gasteiger partial charge is 0.356 e. The van der Waals surface area contributed by atoms with Gasteiger partial charge in [0.1, 0.15) is 11.6 Å². The number of aromatic nitrogens is 2. The summed E-state index contributed by atoms with van der Waals surface area (Å²) in [5.74, 6) is 2.83. The van der Waals surface area contributed by atoms with Crippen LogP contribution in [0.25, 0.3) is 0 Å². The van der Waals surface area contributed by atoms with Gasteiger partial charge in [-0.05, 0) is 45.1 Å². The molecule has 2 aliphatic heterocycles. The summed E-state index contributed by atoms with van der Waals surface area (Å²) in [5, 5.41) is 3.67. The van der Waals surface area contributed by atoms with E-state index in [-0.39, 0.29) is 0 Å². The minimum atomic E-state index is 0.735. The number of hydrogen-bond acceptors (Lipinski definition) is 4. The van der Waals surface area contributed by atoms with Gasteiger partial charge in [0.15, 0.2) is 0 Å². The van der Waals surface area contributed by atoms with Gasteiger partial charge in [0.25, 0.3) is 0 Å². The summed E-state index contributed by atoms with van der Waals surface area (Å²) in [6.07, 6.45) is 4.91. The van der Waals surface area contributed by atoms with E-state index >= 15 is 0 Å². The molecule has 0 amide bonds. The third kappa shape index (κ3) is 2.73. The highest BCUT2D eigenvalue weighted by molar-refractivity contribution is 5.40. The molecule has 4 nitrogen and oxygen atoms in total. The highest BCUT2D eigenvalue weighted by Gasteiger charge is 2.31. The van der Waals surface area contributed by atoms with Crippen LogP contribution in [0.2, 0.25) is 0 Å². The molecule has 3 rings (SSSR count). The molecule has 0 spiro atoms. The Bertz CT molecular complexity index is 446. The van der Waals surface area contributed by atoms with E-state index in [0.29, 0.717) is 0 Å². The molecule has 0 radical (unpaired) electrons. The number of anilines is 1. The first-order chi connectivity index (χ1) is 9.26. The minimum Gasteiger partial charge on any atom is -0.356 e. The molecule has 2 atom stereocenters. The van der Waals surface area contributed by atoms with Gasteiger partial charge in [0, 0.05) is 30.9 Å². The Labute approximate surface area is 115 Å². The zero-order chi connectivity index (χ0) is 13.2. The lowest BCUT2D eigenvalue weighted by molar-refractivity contribution is 0.244. The number of fused-ring (bicyclic) bond motifs is 1. The van der Waals surface area contributed by atoms with Crippen LogP contribution in [0, 0.1) is 12.8 Å².